The molecule has 4 nitrogen and oxygen atoms in total. The van der Waals surface area contributed by atoms with Gasteiger partial charge >= 0.3 is 6.18 Å². The second-order valence-electron chi connectivity index (χ2n) is 3.29. The van der Waals surface area contributed by atoms with Gasteiger partial charge in [-0.2, -0.15) is 13.2 Å². The fraction of sp³-hybridized carbons (Fsp3) is 0.300. The Morgan fingerprint density at radius 2 is 2.06 bits per heavy atom. The Labute approximate surface area is 95.6 Å². The van der Waals surface area contributed by atoms with Gasteiger partial charge in [0.05, 0.1) is 7.11 Å². The Bertz CT molecular complexity index is 419. The molecule has 1 amide bonds. The summed E-state index contributed by atoms with van der Waals surface area (Å²) < 4.78 is 40.5. The van der Waals surface area contributed by atoms with Crippen molar-refractivity contribution in [1.29, 1.82) is 0 Å². The van der Waals surface area contributed by atoms with Crippen molar-refractivity contribution in [3.63, 3.8) is 0 Å². The standard InChI is InChI=1S/C10H11F3N2O2/c1-17-8-3-6(2-7(14)4-8)9(16)15-5-10(11,12)13/h2-4H,5,14H2,1H3,(H,15,16). The molecular formula is C10H11F3N2O2. The summed E-state index contributed by atoms with van der Waals surface area (Å²) in [5.74, 6) is -0.546. The van der Waals surface area contributed by atoms with Gasteiger partial charge < -0.3 is 15.8 Å². The van der Waals surface area contributed by atoms with Gasteiger partial charge in [-0.1, -0.05) is 0 Å². The van der Waals surface area contributed by atoms with Gasteiger partial charge in [-0.3, -0.25) is 4.79 Å². The number of halogens is 3. The van der Waals surface area contributed by atoms with Crippen molar-refractivity contribution < 1.29 is 22.7 Å². The van der Waals surface area contributed by atoms with Gasteiger partial charge in [0, 0.05) is 17.3 Å². The topological polar surface area (TPSA) is 64.3 Å². The first-order chi connectivity index (χ1) is 7.81. The number of anilines is 1. The Morgan fingerprint density at radius 1 is 1.41 bits per heavy atom. The number of nitrogen functional groups attached to an aromatic ring is 1. The molecular weight excluding hydrogens is 237 g/mol. The van der Waals surface area contributed by atoms with Crippen molar-refractivity contribution in [2.24, 2.45) is 0 Å². The summed E-state index contributed by atoms with van der Waals surface area (Å²) in [5.41, 5.74) is 5.73. The highest BCUT2D eigenvalue weighted by atomic mass is 19.4. The average molecular weight is 248 g/mol. The first-order valence-electron chi connectivity index (χ1n) is 4.61. The number of methoxy groups -OCH3 is 1. The zero-order chi connectivity index (χ0) is 13.1. The Morgan fingerprint density at radius 3 is 2.59 bits per heavy atom. The fourth-order valence-electron chi connectivity index (χ4n) is 1.15. The quantitative estimate of drug-likeness (QED) is 0.798. The molecule has 0 atom stereocenters. The molecule has 3 N–H and O–H groups in total. The maximum Gasteiger partial charge on any atom is 0.405 e. The SMILES string of the molecule is COc1cc(N)cc(C(=O)NCC(F)(F)F)c1. The Hall–Kier alpha value is -1.92. The molecule has 0 spiro atoms. The minimum atomic E-state index is -4.44. The number of carbonyl (C=O) groups excluding carboxylic acids is 1. The van der Waals surface area contributed by atoms with E-state index in [1.165, 1.54) is 25.3 Å². The smallest absolute Gasteiger partial charge is 0.405 e. The Balaban J connectivity index is 2.78. The zero-order valence-corrected chi connectivity index (χ0v) is 8.97. The van der Waals surface area contributed by atoms with Crippen molar-refractivity contribution in [3.8, 4) is 5.75 Å². The molecule has 17 heavy (non-hydrogen) atoms. The molecule has 0 saturated carbocycles. The second-order valence-corrected chi connectivity index (χ2v) is 3.29. The number of rotatable bonds is 3. The van der Waals surface area contributed by atoms with Gasteiger partial charge in [0.15, 0.2) is 0 Å². The van der Waals surface area contributed by atoms with E-state index in [-0.39, 0.29) is 11.3 Å². The molecule has 0 saturated heterocycles. The van der Waals surface area contributed by atoms with E-state index < -0.39 is 18.6 Å². The van der Waals surface area contributed by atoms with Gasteiger partial charge in [0.25, 0.3) is 5.91 Å². The van der Waals surface area contributed by atoms with Crippen LogP contribution in [-0.4, -0.2) is 25.7 Å². The predicted octanol–water partition coefficient (Wildman–Crippen LogP) is 1.57. The van der Waals surface area contributed by atoms with Crippen LogP contribution in [0.15, 0.2) is 18.2 Å². The number of carbonyl (C=O) groups is 1. The van der Waals surface area contributed by atoms with Crippen molar-refractivity contribution in [1.82, 2.24) is 5.32 Å². The second kappa shape index (κ2) is 4.94. The van der Waals surface area contributed by atoms with Crippen LogP contribution in [0.25, 0.3) is 0 Å². The van der Waals surface area contributed by atoms with Crippen molar-refractivity contribution in [2.45, 2.75) is 6.18 Å². The summed E-state index contributed by atoms with van der Waals surface area (Å²) in [6, 6.07) is 4.04. The summed E-state index contributed by atoms with van der Waals surface area (Å²) >= 11 is 0. The monoisotopic (exact) mass is 248 g/mol. The van der Waals surface area contributed by atoms with Crippen LogP contribution >= 0.6 is 0 Å². The van der Waals surface area contributed by atoms with E-state index in [0.717, 1.165) is 0 Å². The minimum Gasteiger partial charge on any atom is -0.497 e. The molecule has 1 aromatic rings. The van der Waals surface area contributed by atoms with Crippen LogP contribution in [0.5, 0.6) is 5.75 Å². The van der Waals surface area contributed by atoms with Crippen LogP contribution in [-0.2, 0) is 0 Å². The average Bonchev–Trinajstić information content (AvgIpc) is 2.23. The number of alkyl halides is 3. The van der Waals surface area contributed by atoms with Gasteiger partial charge in [-0.15, -0.1) is 0 Å². The highest BCUT2D eigenvalue weighted by Gasteiger charge is 2.27. The lowest BCUT2D eigenvalue weighted by Crippen LogP contribution is -2.33. The van der Waals surface area contributed by atoms with Crippen molar-refractivity contribution in [2.75, 3.05) is 19.4 Å². The Kier molecular flexibility index (Phi) is 3.82. The lowest BCUT2D eigenvalue weighted by molar-refractivity contribution is -0.123. The first-order valence-corrected chi connectivity index (χ1v) is 4.61. The molecule has 0 radical (unpaired) electrons. The fourth-order valence-corrected chi connectivity index (χ4v) is 1.15. The largest absolute Gasteiger partial charge is 0.497 e. The number of amides is 1. The highest BCUT2D eigenvalue weighted by molar-refractivity contribution is 5.95. The normalized spacial score (nSPS) is 11.1. The third kappa shape index (κ3) is 4.21. The summed E-state index contributed by atoms with van der Waals surface area (Å²) in [6.07, 6.45) is -4.44. The molecule has 0 aliphatic rings. The summed E-state index contributed by atoms with van der Waals surface area (Å²) in [7, 11) is 1.37. The van der Waals surface area contributed by atoms with Crippen molar-refractivity contribution in [3.05, 3.63) is 23.8 Å². The third-order valence-corrected chi connectivity index (χ3v) is 1.88. The van der Waals surface area contributed by atoms with E-state index in [9.17, 15) is 18.0 Å². The predicted molar refractivity (Wildman–Crippen MR) is 55.8 cm³/mol. The minimum absolute atomic E-state index is 0.0195. The zero-order valence-electron chi connectivity index (χ0n) is 8.97. The lowest BCUT2D eigenvalue weighted by atomic mass is 10.2. The molecule has 1 rings (SSSR count). The van der Waals surface area contributed by atoms with E-state index in [0.29, 0.717) is 5.75 Å². The van der Waals surface area contributed by atoms with Gasteiger partial charge in [0.2, 0.25) is 0 Å². The van der Waals surface area contributed by atoms with E-state index in [4.69, 9.17) is 10.5 Å². The van der Waals surface area contributed by atoms with E-state index in [2.05, 4.69) is 0 Å². The molecule has 0 aromatic heterocycles. The first kappa shape index (κ1) is 13.1. The number of ether oxygens (including phenoxy) is 1. The van der Waals surface area contributed by atoms with Crippen LogP contribution < -0.4 is 15.8 Å². The summed E-state index contributed by atoms with van der Waals surface area (Å²) in [5, 5.41) is 1.74. The maximum absolute atomic E-state index is 11.9. The van der Waals surface area contributed by atoms with Gasteiger partial charge in [-0.25, -0.2) is 0 Å². The van der Waals surface area contributed by atoms with E-state index >= 15 is 0 Å². The van der Waals surface area contributed by atoms with Crippen LogP contribution in [0.3, 0.4) is 0 Å². The number of nitrogens with two attached hydrogens (primary N) is 1. The number of hydrogen-bond donors (Lipinski definition) is 2. The molecule has 0 aliphatic carbocycles. The number of hydrogen-bond acceptors (Lipinski definition) is 3. The summed E-state index contributed by atoms with van der Waals surface area (Å²) in [4.78, 5) is 11.4. The lowest BCUT2D eigenvalue weighted by Gasteiger charge is -2.09. The maximum atomic E-state index is 11.9. The van der Waals surface area contributed by atoms with Crippen LogP contribution in [0, 0.1) is 0 Å². The van der Waals surface area contributed by atoms with E-state index in [1.807, 2.05) is 0 Å². The molecule has 1 aromatic carbocycles. The summed E-state index contributed by atoms with van der Waals surface area (Å²) in [6.45, 7) is -1.39. The number of benzene rings is 1. The molecule has 7 heteroatoms. The molecule has 0 fully saturated rings. The molecule has 0 bridgehead atoms. The van der Waals surface area contributed by atoms with Gasteiger partial charge in [0.1, 0.15) is 12.3 Å². The molecule has 94 valence electrons. The molecule has 0 unspecified atom stereocenters. The van der Waals surface area contributed by atoms with Gasteiger partial charge in [-0.05, 0) is 12.1 Å². The van der Waals surface area contributed by atoms with E-state index in [1.54, 1.807) is 5.32 Å². The van der Waals surface area contributed by atoms with Crippen LogP contribution in [0.4, 0.5) is 18.9 Å². The highest BCUT2D eigenvalue weighted by Crippen LogP contribution is 2.19. The molecule has 0 heterocycles. The number of nitrogens with one attached hydrogen (secondary N) is 1. The van der Waals surface area contributed by atoms with Crippen molar-refractivity contribution >= 4 is 11.6 Å². The van der Waals surface area contributed by atoms with Crippen LogP contribution in [0.1, 0.15) is 10.4 Å². The molecule has 0 aliphatic heterocycles. The van der Waals surface area contributed by atoms with Crippen LogP contribution in [0.2, 0.25) is 0 Å². The third-order valence-electron chi connectivity index (χ3n) is 1.88.